The number of rotatable bonds is 10. The Balaban J connectivity index is 2.08. The molecule has 0 unspecified atom stereocenters. The van der Waals surface area contributed by atoms with Crippen molar-refractivity contribution < 1.29 is 4.74 Å². The van der Waals surface area contributed by atoms with Crippen molar-refractivity contribution in [3.8, 4) is 5.75 Å². The van der Waals surface area contributed by atoms with Crippen LogP contribution in [-0.4, -0.2) is 5.17 Å². The number of benzene rings is 1. The van der Waals surface area contributed by atoms with Gasteiger partial charge in [-0.1, -0.05) is 64.0 Å². The fourth-order valence-corrected chi connectivity index (χ4v) is 2.40. The summed E-state index contributed by atoms with van der Waals surface area (Å²) >= 11 is 4.70. The van der Waals surface area contributed by atoms with Gasteiger partial charge in [-0.05, 0) is 42.8 Å². The minimum atomic E-state index is 0.0702. The minimum Gasteiger partial charge on any atom is -0.432 e. The maximum absolute atomic E-state index is 5.33. The van der Waals surface area contributed by atoms with E-state index < -0.39 is 0 Å². The van der Waals surface area contributed by atoms with E-state index in [1.165, 1.54) is 56.9 Å². The molecule has 0 radical (unpaired) electrons. The van der Waals surface area contributed by atoms with Gasteiger partial charge in [-0.15, -0.1) is 0 Å². The molecule has 0 atom stereocenters. The Hall–Kier alpha value is -1.09. The molecule has 0 aliphatic carbocycles. The van der Waals surface area contributed by atoms with E-state index in [9.17, 15) is 0 Å². The zero-order chi connectivity index (χ0) is 14.6. The monoisotopic (exact) mass is 293 g/mol. The van der Waals surface area contributed by atoms with Crippen LogP contribution < -0.4 is 10.5 Å². The lowest BCUT2D eigenvalue weighted by atomic mass is 10.0. The van der Waals surface area contributed by atoms with Crippen LogP contribution in [0, 0.1) is 0 Å². The predicted molar refractivity (Wildman–Crippen MR) is 90.2 cm³/mol. The molecule has 20 heavy (non-hydrogen) atoms. The van der Waals surface area contributed by atoms with Crippen molar-refractivity contribution in [2.24, 2.45) is 5.73 Å². The Kier molecular flexibility index (Phi) is 9.05. The van der Waals surface area contributed by atoms with Crippen LogP contribution >= 0.6 is 12.2 Å². The summed E-state index contributed by atoms with van der Waals surface area (Å²) in [4.78, 5) is 0. The number of nitrogens with two attached hydrogens (primary N) is 1. The molecule has 0 saturated heterocycles. The summed E-state index contributed by atoms with van der Waals surface area (Å²) in [7, 11) is 0. The van der Waals surface area contributed by atoms with E-state index in [-0.39, 0.29) is 5.17 Å². The maximum atomic E-state index is 5.33. The molecule has 0 fully saturated rings. The molecule has 0 aliphatic heterocycles. The normalized spacial score (nSPS) is 10.4. The van der Waals surface area contributed by atoms with Gasteiger partial charge in [0.15, 0.2) is 0 Å². The second-order valence-electron chi connectivity index (χ2n) is 5.29. The summed E-state index contributed by atoms with van der Waals surface area (Å²) in [5.74, 6) is 0.720. The van der Waals surface area contributed by atoms with Crippen molar-refractivity contribution in [1.82, 2.24) is 0 Å². The van der Waals surface area contributed by atoms with Crippen LogP contribution in [0.15, 0.2) is 24.3 Å². The highest BCUT2D eigenvalue weighted by Gasteiger charge is 1.98. The van der Waals surface area contributed by atoms with E-state index in [4.69, 9.17) is 22.7 Å². The highest BCUT2D eigenvalue weighted by atomic mass is 32.1. The van der Waals surface area contributed by atoms with E-state index >= 15 is 0 Å². The van der Waals surface area contributed by atoms with Gasteiger partial charge in [0, 0.05) is 0 Å². The third kappa shape index (κ3) is 8.16. The molecule has 112 valence electrons. The Labute approximate surface area is 128 Å². The number of aryl methyl sites for hydroxylation is 1. The highest BCUT2D eigenvalue weighted by molar-refractivity contribution is 7.80. The van der Waals surface area contributed by atoms with Gasteiger partial charge in [0.25, 0.3) is 5.17 Å². The first-order chi connectivity index (χ1) is 9.72. The van der Waals surface area contributed by atoms with Crippen LogP contribution in [0.1, 0.15) is 63.9 Å². The summed E-state index contributed by atoms with van der Waals surface area (Å²) in [6.45, 7) is 2.26. The average molecular weight is 293 g/mol. The predicted octanol–water partition coefficient (Wildman–Crippen LogP) is 4.99. The summed E-state index contributed by atoms with van der Waals surface area (Å²) in [6.07, 6.45) is 12.0. The maximum Gasteiger partial charge on any atom is 0.259 e. The summed E-state index contributed by atoms with van der Waals surface area (Å²) < 4.78 is 5.17. The average Bonchev–Trinajstić information content (AvgIpc) is 2.43. The standard InChI is InChI=1S/C17H27NOS/c1-2-3-4-5-6-7-8-9-10-15-11-13-16(14-12-15)19-17(18)20/h11-14H,2-10H2,1H3,(H2,18,20). The van der Waals surface area contributed by atoms with Crippen LogP contribution in [0.4, 0.5) is 0 Å². The Morgan fingerprint density at radius 1 is 0.950 bits per heavy atom. The van der Waals surface area contributed by atoms with Gasteiger partial charge < -0.3 is 10.5 Å². The minimum absolute atomic E-state index is 0.0702. The Morgan fingerprint density at radius 2 is 1.50 bits per heavy atom. The smallest absolute Gasteiger partial charge is 0.259 e. The Morgan fingerprint density at radius 3 is 2.05 bits per heavy atom. The number of thiocarbonyl (C=S) groups is 1. The first kappa shape index (κ1) is 17.0. The SMILES string of the molecule is CCCCCCCCCCc1ccc(OC(N)=S)cc1. The van der Waals surface area contributed by atoms with Crippen molar-refractivity contribution in [2.75, 3.05) is 0 Å². The molecular weight excluding hydrogens is 266 g/mol. The van der Waals surface area contributed by atoms with Gasteiger partial charge in [-0.3, -0.25) is 0 Å². The lowest BCUT2D eigenvalue weighted by molar-refractivity contribution is 0.556. The number of hydrogen-bond acceptors (Lipinski definition) is 2. The quantitative estimate of drug-likeness (QED) is 0.487. The number of ether oxygens (including phenoxy) is 1. The van der Waals surface area contributed by atoms with E-state index in [0.717, 1.165) is 12.2 Å². The summed E-state index contributed by atoms with van der Waals surface area (Å²) in [6, 6.07) is 8.04. The molecule has 0 aliphatic rings. The molecule has 0 saturated carbocycles. The van der Waals surface area contributed by atoms with Gasteiger partial charge >= 0.3 is 0 Å². The van der Waals surface area contributed by atoms with Gasteiger partial charge in [-0.25, -0.2) is 0 Å². The number of hydrogen-bond donors (Lipinski definition) is 1. The highest BCUT2D eigenvalue weighted by Crippen LogP contribution is 2.15. The summed E-state index contributed by atoms with van der Waals surface area (Å²) in [5, 5.41) is 0.0702. The topological polar surface area (TPSA) is 35.2 Å². The third-order valence-corrected chi connectivity index (χ3v) is 3.54. The van der Waals surface area contributed by atoms with E-state index in [2.05, 4.69) is 19.1 Å². The fourth-order valence-electron chi connectivity index (χ4n) is 2.30. The summed E-state index contributed by atoms with van der Waals surface area (Å²) in [5.41, 5.74) is 6.68. The van der Waals surface area contributed by atoms with E-state index in [0.29, 0.717) is 0 Å². The van der Waals surface area contributed by atoms with Gasteiger partial charge in [0.2, 0.25) is 0 Å². The molecule has 0 heterocycles. The van der Waals surface area contributed by atoms with Crippen LogP contribution in [0.25, 0.3) is 0 Å². The van der Waals surface area contributed by atoms with Crippen molar-refractivity contribution in [3.63, 3.8) is 0 Å². The third-order valence-electron chi connectivity index (χ3n) is 3.46. The van der Waals surface area contributed by atoms with Crippen LogP contribution in [-0.2, 0) is 6.42 Å². The van der Waals surface area contributed by atoms with Gasteiger partial charge in [0.05, 0.1) is 0 Å². The van der Waals surface area contributed by atoms with Crippen molar-refractivity contribution >= 4 is 17.4 Å². The molecule has 0 bridgehead atoms. The van der Waals surface area contributed by atoms with Crippen LogP contribution in [0.5, 0.6) is 5.75 Å². The zero-order valence-electron chi connectivity index (χ0n) is 12.6. The van der Waals surface area contributed by atoms with Crippen LogP contribution in [0.3, 0.4) is 0 Å². The van der Waals surface area contributed by atoms with E-state index in [1.54, 1.807) is 0 Å². The molecule has 0 aromatic heterocycles. The Bertz CT molecular complexity index is 375. The number of unbranched alkanes of at least 4 members (excludes halogenated alkanes) is 7. The molecular formula is C17H27NOS. The lowest BCUT2D eigenvalue weighted by Crippen LogP contribution is -2.15. The fraction of sp³-hybridized carbons (Fsp3) is 0.588. The largest absolute Gasteiger partial charge is 0.432 e. The molecule has 0 spiro atoms. The van der Waals surface area contributed by atoms with Crippen LogP contribution in [0.2, 0.25) is 0 Å². The molecule has 1 aromatic rings. The first-order valence-electron chi connectivity index (χ1n) is 7.78. The molecule has 0 amide bonds. The second-order valence-corrected chi connectivity index (χ2v) is 5.69. The first-order valence-corrected chi connectivity index (χ1v) is 8.19. The molecule has 2 nitrogen and oxygen atoms in total. The van der Waals surface area contributed by atoms with Crippen molar-refractivity contribution in [2.45, 2.75) is 64.7 Å². The zero-order valence-corrected chi connectivity index (χ0v) is 13.4. The second kappa shape index (κ2) is 10.7. The molecule has 2 N–H and O–H groups in total. The van der Waals surface area contributed by atoms with Gasteiger partial charge in [-0.2, -0.15) is 0 Å². The lowest BCUT2D eigenvalue weighted by Gasteiger charge is -2.05. The molecule has 1 aromatic carbocycles. The van der Waals surface area contributed by atoms with Gasteiger partial charge in [0.1, 0.15) is 5.75 Å². The van der Waals surface area contributed by atoms with E-state index in [1.807, 2.05) is 12.1 Å². The molecule has 1 rings (SSSR count). The van der Waals surface area contributed by atoms with Crippen molar-refractivity contribution in [3.05, 3.63) is 29.8 Å². The molecule has 3 heteroatoms. The van der Waals surface area contributed by atoms with Crippen molar-refractivity contribution in [1.29, 1.82) is 0 Å².